The molecule has 0 bridgehead atoms. The molecule has 2 atom stereocenters. The smallest absolute Gasteiger partial charge is 0.263 e. The van der Waals surface area contributed by atoms with Gasteiger partial charge in [-0.15, -0.1) is 0 Å². The highest BCUT2D eigenvalue weighted by atomic mass is 16.3. The van der Waals surface area contributed by atoms with Crippen LogP contribution in [0.25, 0.3) is 0 Å². The van der Waals surface area contributed by atoms with E-state index in [9.17, 15) is 29.1 Å². The lowest BCUT2D eigenvalue weighted by atomic mass is 10.0. The number of nitrogens with zero attached hydrogens (tertiary/aromatic N) is 1. The Bertz CT molecular complexity index is 1140. The maximum absolute atomic E-state index is 13.1. The molecule has 1 fully saturated rings. The molecule has 2 heterocycles. The van der Waals surface area contributed by atoms with Gasteiger partial charge in [0.15, 0.2) is 0 Å². The Morgan fingerprint density at radius 3 is 2.58 bits per heavy atom. The number of rotatable bonds is 4. The molecule has 0 aliphatic carbocycles. The topological polar surface area (TPSA) is 133 Å². The van der Waals surface area contributed by atoms with Crippen molar-refractivity contribution in [1.29, 1.82) is 0 Å². The van der Waals surface area contributed by atoms with Crippen molar-refractivity contribution >= 4 is 29.5 Å². The van der Waals surface area contributed by atoms with E-state index in [0.717, 1.165) is 4.90 Å². The van der Waals surface area contributed by atoms with Crippen molar-refractivity contribution in [3.63, 3.8) is 0 Å². The third kappa shape index (κ3) is 3.54. The summed E-state index contributed by atoms with van der Waals surface area (Å²) < 4.78 is 0. The van der Waals surface area contributed by atoms with E-state index < -0.39 is 41.6 Å². The molecule has 0 aromatic heterocycles. The Hall–Kier alpha value is -4.01. The highest BCUT2D eigenvalue weighted by Crippen LogP contribution is 2.30. The Morgan fingerprint density at radius 1 is 1.13 bits per heavy atom. The fraction of sp³-hybridized carbons (Fsp3) is 0.227. The maximum atomic E-state index is 13.1. The van der Waals surface area contributed by atoms with Gasteiger partial charge in [-0.1, -0.05) is 18.2 Å². The van der Waals surface area contributed by atoms with E-state index >= 15 is 0 Å². The second-order valence-corrected chi connectivity index (χ2v) is 7.47. The fourth-order valence-electron chi connectivity index (χ4n) is 3.86. The number of phenolic OH excluding ortho intramolecular Hbond substituents is 1. The van der Waals surface area contributed by atoms with Crippen LogP contribution in [0.1, 0.15) is 62.4 Å². The number of aromatic hydroxyl groups is 1. The molecule has 1 saturated heterocycles. The van der Waals surface area contributed by atoms with Crippen LogP contribution in [-0.4, -0.2) is 45.6 Å². The predicted octanol–water partition coefficient (Wildman–Crippen LogP) is 1.28. The van der Waals surface area contributed by atoms with Crippen LogP contribution in [0, 0.1) is 0 Å². The lowest BCUT2D eigenvalue weighted by molar-refractivity contribution is -0.136. The van der Waals surface area contributed by atoms with Crippen molar-refractivity contribution in [1.82, 2.24) is 15.5 Å². The number of carbonyl (C=O) groups is 5. The zero-order chi connectivity index (χ0) is 22.3. The number of hydrogen-bond donors (Lipinski definition) is 3. The number of benzene rings is 2. The summed E-state index contributed by atoms with van der Waals surface area (Å²) in [7, 11) is 0. The first kappa shape index (κ1) is 20.3. The predicted molar refractivity (Wildman–Crippen MR) is 107 cm³/mol. The molecule has 9 nitrogen and oxygen atoms in total. The van der Waals surface area contributed by atoms with Gasteiger partial charge in [0.05, 0.1) is 22.7 Å². The van der Waals surface area contributed by atoms with Crippen LogP contribution in [0.5, 0.6) is 5.75 Å². The van der Waals surface area contributed by atoms with Gasteiger partial charge in [0.25, 0.3) is 17.7 Å². The van der Waals surface area contributed by atoms with Crippen LogP contribution in [0.4, 0.5) is 0 Å². The summed E-state index contributed by atoms with van der Waals surface area (Å²) in [5.74, 6) is -3.11. The summed E-state index contributed by atoms with van der Waals surface area (Å²) in [5, 5.41) is 14.5. The molecular weight excluding hydrogens is 402 g/mol. The number of carbonyl (C=O) groups excluding carboxylic acids is 5. The van der Waals surface area contributed by atoms with Crippen molar-refractivity contribution in [3.05, 3.63) is 64.7 Å². The quantitative estimate of drug-likeness (QED) is 0.637. The Labute approximate surface area is 177 Å². The van der Waals surface area contributed by atoms with E-state index in [1.807, 2.05) is 0 Å². The van der Waals surface area contributed by atoms with Crippen LogP contribution < -0.4 is 10.6 Å². The fourth-order valence-corrected chi connectivity index (χ4v) is 3.86. The molecule has 0 spiro atoms. The molecule has 31 heavy (non-hydrogen) atoms. The van der Waals surface area contributed by atoms with Gasteiger partial charge in [0, 0.05) is 6.42 Å². The molecule has 2 aliphatic heterocycles. The summed E-state index contributed by atoms with van der Waals surface area (Å²) in [6, 6.07) is 9.18. The van der Waals surface area contributed by atoms with Crippen molar-refractivity contribution in [3.8, 4) is 5.75 Å². The lowest BCUT2D eigenvalue weighted by Gasteiger charge is -2.27. The zero-order valence-electron chi connectivity index (χ0n) is 16.5. The first-order valence-corrected chi connectivity index (χ1v) is 9.72. The average Bonchev–Trinajstić information content (AvgIpc) is 2.99. The Kier molecular flexibility index (Phi) is 5.02. The molecule has 0 saturated carbocycles. The van der Waals surface area contributed by atoms with Gasteiger partial charge in [-0.2, -0.15) is 0 Å². The largest absolute Gasteiger partial charge is 0.508 e. The van der Waals surface area contributed by atoms with Gasteiger partial charge >= 0.3 is 0 Å². The van der Waals surface area contributed by atoms with Gasteiger partial charge in [-0.3, -0.25) is 34.2 Å². The molecular formula is C22H19N3O6. The summed E-state index contributed by atoms with van der Waals surface area (Å²) >= 11 is 0. The van der Waals surface area contributed by atoms with Crippen LogP contribution >= 0.6 is 0 Å². The molecule has 2 aromatic carbocycles. The highest BCUT2D eigenvalue weighted by molar-refractivity contribution is 6.26. The van der Waals surface area contributed by atoms with E-state index in [0.29, 0.717) is 5.56 Å². The SMILES string of the molecule is C[C@H](NC(=O)c1cccc2c1C(=O)N(C1CCC(=O)NC1=O)C2=O)c1cccc(O)c1. The molecule has 1 unspecified atom stereocenters. The molecule has 3 N–H and O–H groups in total. The van der Waals surface area contributed by atoms with Crippen LogP contribution in [0.3, 0.4) is 0 Å². The minimum Gasteiger partial charge on any atom is -0.508 e. The number of nitrogens with one attached hydrogen (secondary N) is 2. The third-order valence-corrected chi connectivity index (χ3v) is 5.43. The average molecular weight is 421 g/mol. The second-order valence-electron chi connectivity index (χ2n) is 7.47. The minimum absolute atomic E-state index is 0.0117. The number of imide groups is 2. The van der Waals surface area contributed by atoms with Crippen LogP contribution in [0.15, 0.2) is 42.5 Å². The van der Waals surface area contributed by atoms with Gasteiger partial charge in [-0.05, 0) is 43.2 Å². The number of fused-ring (bicyclic) bond motifs is 1. The summed E-state index contributed by atoms with van der Waals surface area (Å²) in [4.78, 5) is 63.3. The molecule has 2 aliphatic rings. The Balaban J connectivity index is 1.62. The number of piperidine rings is 1. The third-order valence-electron chi connectivity index (χ3n) is 5.43. The van der Waals surface area contributed by atoms with E-state index in [1.165, 1.54) is 30.3 Å². The van der Waals surface area contributed by atoms with E-state index in [-0.39, 0.29) is 35.3 Å². The molecule has 4 rings (SSSR count). The highest BCUT2D eigenvalue weighted by Gasteiger charge is 2.46. The van der Waals surface area contributed by atoms with Crippen LogP contribution in [0.2, 0.25) is 0 Å². The monoisotopic (exact) mass is 421 g/mol. The molecule has 0 radical (unpaired) electrons. The van der Waals surface area contributed by atoms with Gasteiger partial charge in [-0.25, -0.2) is 0 Å². The zero-order valence-corrected chi connectivity index (χ0v) is 16.5. The molecule has 158 valence electrons. The van der Waals surface area contributed by atoms with E-state index in [2.05, 4.69) is 10.6 Å². The first-order chi connectivity index (χ1) is 14.8. The number of phenols is 1. The van der Waals surface area contributed by atoms with Gasteiger partial charge in [0.1, 0.15) is 11.8 Å². The van der Waals surface area contributed by atoms with E-state index in [1.54, 1.807) is 19.1 Å². The van der Waals surface area contributed by atoms with E-state index in [4.69, 9.17) is 0 Å². The normalized spacial score (nSPS) is 19.1. The minimum atomic E-state index is -1.10. The van der Waals surface area contributed by atoms with Gasteiger partial charge < -0.3 is 10.4 Å². The van der Waals surface area contributed by atoms with Gasteiger partial charge in [0.2, 0.25) is 11.8 Å². The number of hydrogen-bond acceptors (Lipinski definition) is 6. The van der Waals surface area contributed by atoms with Crippen molar-refractivity contribution in [2.45, 2.75) is 31.8 Å². The summed E-state index contributed by atoms with van der Waals surface area (Å²) in [6.07, 6.45) is 0.0464. The second kappa shape index (κ2) is 7.67. The summed E-state index contributed by atoms with van der Waals surface area (Å²) in [6.45, 7) is 1.72. The van der Waals surface area contributed by atoms with Crippen molar-refractivity contribution in [2.24, 2.45) is 0 Å². The van der Waals surface area contributed by atoms with Crippen LogP contribution in [-0.2, 0) is 9.59 Å². The number of amides is 5. The summed E-state index contributed by atoms with van der Waals surface area (Å²) in [5.41, 5.74) is 0.635. The Morgan fingerprint density at radius 2 is 1.87 bits per heavy atom. The molecule has 2 aromatic rings. The lowest BCUT2D eigenvalue weighted by Crippen LogP contribution is -2.54. The first-order valence-electron chi connectivity index (χ1n) is 9.72. The van der Waals surface area contributed by atoms with Crippen molar-refractivity contribution in [2.75, 3.05) is 0 Å². The standard InChI is InChI=1S/C22H19N3O6/c1-11(12-4-2-5-13(26)10-12)23-19(28)14-6-3-7-15-18(14)22(31)25(21(15)30)16-8-9-17(27)24-20(16)29/h2-7,10-11,16,26H,8-9H2,1H3,(H,23,28)(H,24,27,29)/t11-,16?/m0/s1. The molecule has 5 amide bonds. The molecule has 9 heteroatoms. The van der Waals surface area contributed by atoms with Crippen molar-refractivity contribution < 1.29 is 29.1 Å². The maximum Gasteiger partial charge on any atom is 0.263 e.